The molecule has 1 aliphatic rings. The zero-order valence-electron chi connectivity index (χ0n) is 10.3. The molecule has 0 aliphatic carbocycles. The maximum Gasteiger partial charge on any atom is 0.0738 e. The lowest BCUT2D eigenvalue weighted by atomic mass is 9.75. The smallest absolute Gasteiger partial charge is 0.0738 e. The van der Waals surface area contributed by atoms with Gasteiger partial charge in [0.25, 0.3) is 0 Å². The van der Waals surface area contributed by atoms with Crippen molar-refractivity contribution < 1.29 is 0 Å². The summed E-state index contributed by atoms with van der Waals surface area (Å²) >= 11 is 3.67. The summed E-state index contributed by atoms with van der Waals surface area (Å²) in [6.07, 6.45) is 2.37. The molecule has 0 atom stereocenters. The Morgan fingerprint density at radius 2 is 2.12 bits per heavy atom. The molecule has 0 spiro atoms. The number of hydrogen-bond acceptors (Lipinski definition) is 2. The summed E-state index contributed by atoms with van der Waals surface area (Å²) in [6.45, 7) is 9.74. The maximum absolute atomic E-state index is 4.55. The zero-order valence-corrected chi connectivity index (χ0v) is 11.9. The normalized spacial score (nSPS) is 18.5. The first kappa shape index (κ1) is 12.1. The van der Waals surface area contributed by atoms with Gasteiger partial charge in [-0.1, -0.05) is 6.92 Å². The Kier molecular flexibility index (Phi) is 3.40. The van der Waals surface area contributed by atoms with Gasteiger partial charge in [-0.05, 0) is 42.6 Å². The van der Waals surface area contributed by atoms with E-state index in [4.69, 9.17) is 0 Å². The van der Waals surface area contributed by atoms with Crippen molar-refractivity contribution in [3.05, 3.63) is 15.9 Å². The van der Waals surface area contributed by atoms with E-state index in [1.807, 2.05) is 0 Å². The molecular weight excluding hydrogens is 266 g/mol. The van der Waals surface area contributed by atoms with E-state index in [1.54, 1.807) is 0 Å². The number of nitrogens with one attached hydrogen (secondary N) is 1. The molecule has 1 saturated heterocycles. The minimum atomic E-state index is 0.460. The van der Waals surface area contributed by atoms with Crippen LogP contribution in [0.15, 0.2) is 4.47 Å². The van der Waals surface area contributed by atoms with Crippen molar-refractivity contribution in [2.75, 3.05) is 13.1 Å². The Hall–Kier alpha value is -0.350. The molecule has 1 fully saturated rings. The van der Waals surface area contributed by atoms with E-state index in [2.05, 4.69) is 51.8 Å². The van der Waals surface area contributed by atoms with Crippen LogP contribution in [0.5, 0.6) is 0 Å². The van der Waals surface area contributed by atoms with Crippen molar-refractivity contribution in [3.8, 4) is 0 Å². The van der Waals surface area contributed by atoms with Gasteiger partial charge in [0.15, 0.2) is 0 Å². The molecule has 0 saturated carbocycles. The Labute approximate surface area is 106 Å². The van der Waals surface area contributed by atoms with Crippen LogP contribution in [0.4, 0.5) is 0 Å². The minimum absolute atomic E-state index is 0.460. The summed E-state index contributed by atoms with van der Waals surface area (Å²) in [5.74, 6) is 0. The van der Waals surface area contributed by atoms with Gasteiger partial charge in [-0.25, -0.2) is 0 Å². The van der Waals surface area contributed by atoms with Gasteiger partial charge in [0.1, 0.15) is 0 Å². The summed E-state index contributed by atoms with van der Waals surface area (Å²) in [7, 11) is 0. The van der Waals surface area contributed by atoms with Crippen LogP contribution in [0.25, 0.3) is 0 Å². The largest absolute Gasteiger partial charge is 0.316 e. The van der Waals surface area contributed by atoms with Crippen molar-refractivity contribution in [1.82, 2.24) is 15.1 Å². The third kappa shape index (κ3) is 1.93. The third-order valence-electron chi connectivity index (χ3n) is 3.75. The second-order valence-electron chi connectivity index (χ2n) is 4.80. The van der Waals surface area contributed by atoms with Crippen LogP contribution in [0.1, 0.15) is 31.7 Å². The fourth-order valence-electron chi connectivity index (χ4n) is 2.37. The van der Waals surface area contributed by atoms with E-state index in [1.165, 1.54) is 16.6 Å². The highest BCUT2D eigenvalue weighted by Crippen LogP contribution is 2.34. The lowest BCUT2D eigenvalue weighted by Crippen LogP contribution is -2.54. The monoisotopic (exact) mass is 285 g/mol. The molecule has 0 unspecified atom stereocenters. The summed E-state index contributed by atoms with van der Waals surface area (Å²) < 4.78 is 3.34. The predicted molar refractivity (Wildman–Crippen MR) is 69.6 cm³/mol. The van der Waals surface area contributed by atoms with E-state index in [-0.39, 0.29) is 0 Å². The highest BCUT2D eigenvalue weighted by atomic mass is 79.9. The molecule has 16 heavy (non-hydrogen) atoms. The van der Waals surface area contributed by atoms with Gasteiger partial charge in [-0.3, -0.25) is 4.68 Å². The van der Waals surface area contributed by atoms with Gasteiger partial charge in [0, 0.05) is 25.0 Å². The van der Waals surface area contributed by atoms with Gasteiger partial charge < -0.3 is 5.32 Å². The van der Waals surface area contributed by atoms with Crippen LogP contribution in [0.2, 0.25) is 0 Å². The zero-order chi connectivity index (χ0) is 11.8. The highest BCUT2D eigenvalue weighted by Gasteiger charge is 2.36. The predicted octanol–water partition coefficient (Wildman–Crippen LogP) is 2.52. The highest BCUT2D eigenvalue weighted by molar-refractivity contribution is 9.10. The molecule has 0 amide bonds. The molecule has 2 heterocycles. The standard InChI is InChI=1S/C12H20BrN3/c1-4-12(7-14-8-12)6-10-11(13)9(3)15-16(10)5-2/h14H,4-8H2,1-3H3. The Morgan fingerprint density at radius 1 is 1.44 bits per heavy atom. The average molecular weight is 286 g/mol. The van der Waals surface area contributed by atoms with E-state index in [9.17, 15) is 0 Å². The lowest BCUT2D eigenvalue weighted by Gasteiger charge is -2.42. The molecule has 0 aromatic carbocycles. The first-order chi connectivity index (χ1) is 7.62. The second-order valence-corrected chi connectivity index (χ2v) is 5.59. The van der Waals surface area contributed by atoms with Gasteiger partial charge in [0.2, 0.25) is 0 Å². The van der Waals surface area contributed by atoms with Crippen molar-refractivity contribution in [1.29, 1.82) is 0 Å². The first-order valence-corrected chi connectivity index (χ1v) is 6.83. The van der Waals surface area contributed by atoms with Gasteiger partial charge >= 0.3 is 0 Å². The first-order valence-electron chi connectivity index (χ1n) is 6.04. The molecule has 0 radical (unpaired) electrons. The molecule has 1 N–H and O–H groups in total. The maximum atomic E-state index is 4.55. The fourth-order valence-corrected chi connectivity index (χ4v) is 2.80. The second kappa shape index (κ2) is 4.49. The summed E-state index contributed by atoms with van der Waals surface area (Å²) in [5, 5.41) is 7.95. The van der Waals surface area contributed by atoms with E-state index in [0.717, 1.165) is 31.7 Å². The van der Waals surface area contributed by atoms with E-state index < -0.39 is 0 Å². The Balaban J connectivity index is 2.26. The summed E-state index contributed by atoms with van der Waals surface area (Å²) in [5.41, 5.74) is 2.93. The number of rotatable bonds is 4. The quantitative estimate of drug-likeness (QED) is 0.921. The van der Waals surface area contributed by atoms with Crippen LogP contribution >= 0.6 is 15.9 Å². The molecule has 1 aromatic rings. The summed E-state index contributed by atoms with van der Waals surface area (Å²) in [6, 6.07) is 0. The molecule has 2 rings (SSSR count). The van der Waals surface area contributed by atoms with Gasteiger partial charge in [0.05, 0.1) is 15.9 Å². The lowest BCUT2D eigenvalue weighted by molar-refractivity contribution is 0.156. The molecule has 90 valence electrons. The van der Waals surface area contributed by atoms with Crippen molar-refractivity contribution in [3.63, 3.8) is 0 Å². The van der Waals surface area contributed by atoms with Crippen LogP contribution in [0, 0.1) is 12.3 Å². The minimum Gasteiger partial charge on any atom is -0.316 e. The Bertz CT molecular complexity index is 374. The van der Waals surface area contributed by atoms with E-state index in [0.29, 0.717) is 5.41 Å². The number of halogens is 1. The number of nitrogens with zero attached hydrogens (tertiary/aromatic N) is 2. The van der Waals surface area contributed by atoms with Crippen molar-refractivity contribution in [2.45, 2.75) is 40.2 Å². The van der Waals surface area contributed by atoms with Crippen molar-refractivity contribution in [2.24, 2.45) is 5.41 Å². The molecular formula is C12H20BrN3. The van der Waals surface area contributed by atoms with Gasteiger partial charge in [-0.15, -0.1) is 0 Å². The number of aryl methyl sites for hydroxylation is 2. The average Bonchev–Trinajstić information content (AvgIpc) is 2.50. The molecule has 1 aromatic heterocycles. The fraction of sp³-hybridized carbons (Fsp3) is 0.750. The topological polar surface area (TPSA) is 29.9 Å². The molecule has 4 heteroatoms. The van der Waals surface area contributed by atoms with Crippen LogP contribution in [-0.2, 0) is 13.0 Å². The van der Waals surface area contributed by atoms with Crippen molar-refractivity contribution >= 4 is 15.9 Å². The molecule has 1 aliphatic heterocycles. The number of aromatic nitrogens is 2. The third-order valence-corrected chi connectivity index (χ3v) is 4.78. The molecule has 0 bridgehead atoms. The van der Waals surface area contributed by atoms with Crippen LogP contribution < -0.4 is 5.32 Å². The van der Waals surface area contributed by atoms with E-state index >= 15 is 0 Å². The number of hydrogen-bond donors (Lipinski definition) is 1. The molecule has 3 nitrogen and oxygen atoms in total. The Morgan fingerprint density at radius 3 is 2.56 bits per heavy atom. The summed E-state index contributed by atoms with van der Waals surface area (Å²) in [4.78, 5) is 0. The van der Waals surface area contributed by atoms with Crippen LogP contribution in [-0.4, -0.2) is 22.9 Å². The van der Waals surface area contributed by atoms with Gasteiger partial charge in [-0.2, -0.15) is 5.10 Å². The van der Waals surface area contributed by atoms with Crippen LogP contribution in [0.3, 0.4) is 0 Å². The SMILES string of the molecule is CCn1nc(C)c(Br)c1CC1(CC)CNC1.